The Balaban J connectivity index is 2.81. The molecule has 0 aliphatic rings. The third-order valence-electron chi connectivity index (χ3n) is 4.12. The van der Waals surface area contributed by atoms with Gasteiger partial charge >= 0.3 is 0 Å². The van der Waals surface area contributed by atoms with Gasteiger partial charge in [-0.2, -0.15) is 5.10 Å². The van der Waals surface area contributed by atoms with Crippen LogP contribution in [-0.4, -0.2) is 38.8 Å². The lowest BCUT2D eigenvalue weighted by Crippen LogP contribution is -2.51. The highest BCUT2D eigenvalue weighted by atomic mass is 15.4. The Bertz CT molecular complexity index is 359. The summed E-state index contributed by atoms with van der Waals surface area (Å²) in [6.45, 7) is 11.2. The summed E-state index contributed by atoms with van der Waals surface area (Å²) in [5, 5.41) is 4.32. The van der Waals surface area contributed by atoms with Gasteiger partial charge in [-0.15, -0.1) is 0 Å². The number of rotatable bonds is 8. The Morgan fingerprint density at radius 1 is 1.37 bits per heavy atom. The minimum atomic E-state index is 0.0641. The van der Waals surface area contributed by atoms with Crippen LogP contribution in [0.5, 0.6) is 0 Å². The molecule has 0 spiro atoms. The first-order valence-corrected chi connectivity index (χ1v) is 7.27. The number of aromatic nitrogens is 3. The second-order valence-electron chi connectivity index (χ2n) is 5.74. The van der Waals surface area contributed by atoms with E-state index in [9.17, 15) is 0 Å². The predicted molar refractivity (Wildman–Crippen MR) is 78.7 cm³/mol. The van der Waals surface area contributed by atoms with E-state index in [0.29, 0.717) is 12.5 Å². The Hall–Kier alpha value is -0.940. The van der Waals surface area contributed by atoms with E-state index in [1.165, 1.54) is 0 Å². The fourth-order valence-corrected chi connectivity index (χ4v) is 2.52. The van der Waals surface area contributed by atoms with Crippen molar-refractivity contribution in [3.05, 3.63) is 12.2 Å². The van der Waals surface area contributed by atoms with Crippen molar-refractivity contribution < 1.29 is 0 Å². The highest BCUT2D eigenvalue weighted by molar-refractivity contribution is 4.93. The average molecular weight is 267 g/mol. The molecule has 0 bridgehead atoms. The molecule has 0 aromatic carbocycles. The first-order valence-electron chi connectivity index (χ1n) is 7.27. The average Bonchev–Trinajstić information content (AvgIpc) is 2.79. The van der Waals surface area contributed by atoms with Crippen molar-refractivity contribution in [3.63, 3.8) is 0 Å². The van der Waals surface area contributed by atoms with E-state index in [2.05, 4.69) is 49.7 Å². The van der Waals surface area contributed by atoms with Crippen molar-refractivity contribution in [2.24, 2.45) is 11.7 Å². The first kappa shape index (κ1) is 16.1. The van der Waals surface area contributed by atoms with Crippen molar-refractivity contribution in [2.45, 2.75) is 59.2 Å². The lowest BCUT2D eigenvalue weighted by atomic mass is 9.91. The van der Waals surface area contributed by atoms with E-state index >= 15 is 0 Å². The van der Waals surface area contributed by atoms with Gasteiger partial charge in [-0.05, 0) is 25.8 Å². The largest absolute Gasteiger partial charge is 0.329 e. The lowest BCUT2D eigenvalue weighted by molar-refractivity contribution is 0.103. The number of hydrogen-bond acceptors (Lipinski definition) is 4. The Morgan fingerprint density at radius 3 is 2.47 bits per heavy atom. The topological polar surface area (TPSA) is 60.0 Å². The number of nitrogens with zero attached hydrogens (tertiary/aromatic N) is 4. The molecule has 0 aliphatic carbocycles. The summed E-state index contributed by atoms with van der Waals surface area (Å²) >= 11 is 0. The van der Waals surface area contributed by atoms with Gasteiger partial charge in [-0.1, -0.05) is 27.7 Å². The van der Waals surface area contributed by atoms with Crippen LogP contribution in [0.2, 0.25) is 0 Å². The van der Waals surface area contributed by atoms with Crippen molar-refractivity contribution in [1.29, 1.82) is 0 Å². The van der Waals surface area contributed by atoms with E-state index in [0.717, 1.165) is 31.8 Å². The van der Waals surface area contributed by atoms with Gasteiger partial charge in [0.15, 0.2) is 0 Å². The third-order valence-corrected chi connectivity index (χ3v) is 4.12. The molecule has 0 aliphatic heterocycles. The molecule has 0 atom stereocenters. The zero-order chi connectivity index (χ0) is 14.5. The summed E-state index contributed by atoms with van der Waals surface area (Å²) < 4.78 is 2.01. The van der Waals surface area contributed by atoms with Crippen LogP contribution >= 0.6 is 0 Å². The minimum Gasteiger partial charge on any atom is -0.329 e. The fraction of sp³-hybridized carbons (Fsp3) is 0.857. The van der Waals surface area contributed by atoms with E-state index in [-0.39, 0.29) is 5.54 Å². The summed E-state index contributed by atoms with van der Waals surface area (Å²) in [5.74, 6) is 1.60. The van der Waals surface area contributed by atoms with Crippen LogP contribution in [0, 0.1) is 5.92 Å². The standard InChI is InChI=1S/C14H29N5/c1-6-14(7-2,10-15)18(5)9-13-16-11-17-19(13)8-12(3)4/h11-12H,6-10,15H2,1-5H3. The minimum absolute atomic E-state index is 0.0641. The van der Waals surface area contributed by atoms with Crippen molar-refractivity contribution in [3.8, 4) is 0 Å². The molecule has 1 aromatic rings. The molecule has 0 saturated heterocycles. The van der Waals surface area contributed by atoms with E-state index in [4.69, 9.17) is 5.73 Å². The molecule has 1 heterocycles. The number of hydrogen-bond donors (Lipinski definition) is 1. The van der Waals surface area contributed by atoms with Crippen LogP contribution < -0.4 is 5.73 Å². The van der Waals surface area contributed by atoms with Crippen molar-refractivity contribution in [2.75, 3.05) is 13.6 Å². The van der Waals surface area contributed by atoms with Gasteiger partial charge in [0.25, 0.3) is 0 Å². The predicted octanol–water partition coefficient (Wildman–Crippen LogP) is 1.88. The van der Waals surface area contributed by atoms with Gasteiger partial charge in [-0.25, -0.2) is 9.67 Å². The SMILES string of the molecule is CCC(CC)(CN)N(C)Cc1ncnn1CC(C)C. The van der Waals surface area contributed by atoms with Gasteiger partial charge in [-0.3, -0.25) is 4.90 Å². The van der Waals surface area contributed by atoms with E-state index < -0.39 is 0 Å². The van der Waals surface area contributed by atoms with Crippen LogP contribution in [0.15, 0.2) is 6.33 Å². The number of likely N-dealkylation sites (N-methyl/N-ethyl adjacent to an activating group) is 1. The van der Waals surface area contributed by atoms with Gasteiger partial charge in [0.05, 0.1) is 6.54 Å². The molecular weight excluding hydrogens is 238 g/mol. The Kier molecular flexibility index (Phi) is 5.94. The molecule has 110 valence electrons. The van der Waals surface area contributed by atoms with Crippen LogP contribution in [0.4, 0.5) is 0 Å². The zero-order valence-corrected chi connectivity index (χ0v) is 13.1. The molecule has 0 amide bonds. The van der Waals surface area contributed by atoms with Gasteiger partial charge in [0.1, 0.15) is 12.2 Å². The summed E-state index contributed by atoms with van der Waals surface area (Å²) in [6, 6.07) is 0. The molecule has 1 aromatic heterocycles. The van der Waals surface area contributed by atoms with Crippen LogP contribution in [-0.2, 0) is 13.1 Å². The van der Waals surface area contributed by atoms with Crippen LogP contribution in [0.25, 0.3) is 0 Å². The molecule has 1 rings (SSSR count). The van der Waals surface area contributed by atoms with Gasteiger partial charge in [0, 0.05) is 18.6 Å². The lowest BCUT2D eigenvalue weighted by Gasteiger charge is -2.39. The monoisotopic (exact) mass is 267 g/mol. The second-order valence-corrected chi connectivity index (χ2v) is 5.74. The smallest absolute Gasteiger partial charge is 0.141 e. The molecule has 19 heavy (non-hydrogen) atoms. The third kappa shape index (κ3) is 3.76. The van der Waals surface area contributed by atoms with E-state index in [1.54, 1.807) is 6.33 Å². The maximum atomic E-state index is 5.99. The fourth-order valence-electron chi connectivity index (χ4n) is 2.52. The maximum Gasteiger partial charge on any atom is 0.141 e. The first-order chi connectivity index (χ1) is 8.99. The molecule has 5 heteroatoms. The molecule has 2 N–H and O–H groups in total. The Labute approximate surface area is 117 Å². The Morgan fingerprint density at radius 2 is 2.00 bits per heavy atom. The maximum absolute atomic E-state index is 5.99. The highest BCUT2D eigenvalue weighted by Gasteiger charge is 2.30. The quantitative estimate of drug-likeness (QED) is 0.781. The second kappa shape index (κ2) is 7.01. The molecule has 0 saturated carbocycles. The van der Waals surface area contributed by atoms with Crippen molar-refractivity contribution in [1.82, 2.24) is 19.7 Å². The summed E-state index contributed by atoms with van der Waals surface area (Å²) in [7, 11) is 2.13. The van der Waals surface area contributed by atoms with Gasteiger partial charge in [0.2, 0.25) is 0 Å². The zero-order valence-electron chi connectivity index (χ0n) is 13.1. The summed E-state index contributed by atoms with van der Waals surface area (Å²) in [6.07, 6.45) is 3.75. The highest BCUT2D eigenvalue weighted by Crippen LogP contribution is 2.22. The van der Waals surface area contributed by atoms with Crippen LogP contribution in [0.3, 0.4) is 0 Å². The van der Waals surface area contributed by atoms with Crippen molar-refractivity contribution >= 4 is 0 Å². The summed E-state index contributed by atoms with van der Waals surface area (Å²) in [4.78, 5) is 6.72. The molecule has 0 fully saturated rings. The van der Waals surface area contributed by atoms with Gasteiger partial charge < -0.3 is 5.73 Å². The molecule has 5 nitrogen and oxygen atoms in total. The van der Waals surface area contributed by atoms with E-state index in [1.807, 2.05) is 4.68 Å². The molecule has 0 radical (unpaired) electrons. The van der Waals surface area contributed by atoms with Crippen LogP contribution in [0.1, 0.15) is 46.4 Å². The number of nitrogens with two attached hydrogens (primary N) is 1. The normalized spacial score (nSPS) is 12.6. The molecule has 0 unspecified atom stereocenters. The summed E-state index contributed by atoms with van der Waals surface area (Å²) in [5.41, 5.74) is 6.06. The molecular formula is C14H29N5.